The van der Waals surface area contributed by atoms with Crippen molar-refractivity contribution in [3.63, 3.8) is 0 Å². The first-order chi connectivity index (χ1) is 14.0. The molecule has 0 unspecified atom stereocenters. The average molecular weight is 392 g/mol. The lowest BCUT2D eigenvalue weighted by Gasteiger charge is -2.12. The lowest BCUT2D eigenvalue weighted by atomic mass is 10.1. The molecule has 0 aliphatic carbocycles. The second kappa shape index (κ2) is 10.1. The monoisotopic (exact) mass is 391 g/mol. The molecule has 0 spiro atoms. The number of aromatic amines is 1. The SMILES string of the molecule is CCNC(=NCc1ccc(CN(C)C)cc1)NCCc1c[nH]c2cc(C)ccc12. The van der Waals surface area contributed by atoms with Gasteiger partial charge in [-0.2, -0.15) is 0 Å². The Labute approximate surface area is 174 Å². The number of benzene rings is 2. The Bertz CT molecular complexity index is 938. The van der Waals surface area contributed by atoms with Gasteiger partial charge in [-0.05, 0) is 62.7 Å². The van der Waals surface area contributed by atoms with Gasteiger partial charge < -0.3 is 20.5 Å². The lowest BCUT2D eigenvalue weighted by molar-refractivity contribution is 0.402. The van der Waals surface area contributed by atoms with E-state index in [-0.39, 0.29) is 0 Å². The molecular weight excluding hydrogens is 358 g/mol. The fourth-order valence-electron chi connectivity index (χ4n) is 3.45. The van der Waals surface area contributed by atoms with Crippen LogP contribution in [0.1, 0.15) is 29.2 Å². The fourth-order valence-corrected chi connectivity index (χ4v) is 3.45. The summed E-state index contributed by atoms with van der Waals surface area (Å²) in [5.74, 6) is 0.862. The third-order valence-corrected chi connectivity index (χ3v) is 4.90. The topological polar surface area (TPSA) is 55.5 Å². The zero-order valence-corrected chi connectivity index (χ0v) is 18.0. The summed E-state index contributed by atoms with van der Waals surface area (Å²) in [4.78, 5) is 10.3. The van der Waals surface area contributed by atoms with Crippen molar-refractivity contribution < 1.29 is 0 Å². The molecule has 0 saturated heterocycles. The van der Waals surface area contributed by atoms with Crippen LogP contribution in [0, 0.1) is 6.92 Å². The van der Waals surface area contributed by atoms with Crippen LogP contribution in [0.3, 0.4) is 0 Å². The maximum absolute atomic E-state index is 4.74. The third-order valence-electron chi connectivity index (χ3n) is 4.90. The number of fused-ring (bicyclic) bond motifs is 1. The molecular formula is C24H33N5. The maximum atomic E-state index is 4.74. The maximum Gasteiger partial charge on any atom is 0.191 e. The Morgan fingerprint density at radius 2 is 1.79 bits per heavy atom. The molecule has 1 aromatic heterocycles. The van der Waals surface area contributed by atoms with E-state index in [0.29, 0.717) is 6.54 Å². The van der Waals surface area contributed by atoms with Crippen molar-refractivity contribution in [1.82, 2.24) is 20.5 Å². The standard InChI is InChI=1S/C24H33N5/c1-5-25-24(28-15-19-7-9-20(10-8-19)17-29(3)4)26-13-12-21-16-27-23-14-18(2)6-11-22(21)23/h6-11,14,16,27H,5,12-13,15,17H2,1-4H3,(H2,25,26,28). The van der Waals surface area contributed by atoms with E-state index in [2.05, 4.69) is 97.1 Å². The van der Waals surface area contributed by atoms with Crippen LogP contribution in [0.15, 0.2) is 53.7 Å². The molecule has 0 atom stereocenters. The van der Waals surface area contributed by atoms with Crippen LogP contribution in [0.5, 0.6) is 0 Å². The van der Waals surface area contributed by atoms with Gasteiger partial charge in [0.05, 0.1) is 6.54 Å². The van der Waals surface area contributed by atoms with E-state index in [0.717, 1.165) is 32.0 Å². The molecule has 0 fully saturated rings. The summed E-state index contributed by atoms with van der Waals surface area (Å²) in [6.45, 7) is 7.53. The molecule has 0 amide bonds. The first kappa shape index (κ1) is 20.9. The van der Waals surface area contributed by atoms with Gasteiger partial charge in [-0.25, -0.2) is 4.99 Å². The Hall–Kier alpha value is -2.79. The first-order valence-electron chi connectivity index (χ1n) is 10.4. The second-order valence-corrected chi connectivity index (χ2v) is 7.79. The minimum absolute atomic E-state index is 0.671. The van der Waals surface area contributed by atoms with E-state index in [9.17, 15) is 0 Å². The molecule has 0 aliphatic heterocycles. The lowest BCUT2D eigenvalue weighted by Crippen LogP contribution is -2.38. The summed E-state index contributed by atoms with van der Waals surface area (Å²) in [5.41, 5.74) is 6.36. The molecule has 0 bridgehead atoms. The van der Waals surface area contributed by atoms with Gasteiger partial charge in [0, 0.05) is 36.7 Å². The molecule has 0 saturated carbocycles. The van der Waals surface area contributed by atoms with Gasteiger partial charge in [-0.15, -0.1) is 0 Å². The molecule has 3 aromatic rings. The third kappa shape index (κ3) is 6.09. The van der Waals surface area contributed by atoms with Gasteiger partial charge in [-0.1, -0.05) is 36.4 Å². The highest BCUT2D eigenvalue weighted by Crippen LogP contribution is 2.19. The number of aryl methyl sites for hydroxylation is 1. The van der Waals surface area contributed by atoms with Gasteiger partial charge in [0.1, 0.15) is 0 Å². The van der Waals surface area contributed by atoms with Gasteiger partial charge >= 0.3 is 0 Å². The predicted molar refractivity (Wildman–Crippen MR) is 123 cm³/mol. The van der Waals surface area contributed by atoms with Gasteiger partial charge in [0.25, 0.3) is 0 Å². The average Bonchev–Trinajstić information content (AvgIpc) is 3.09. The van der Waals surface area contributed by atoms with Crippen molar-refractivity contribution in [1.29, 1.82) is 0 Å². The number of nitrogens with zero attached hydrogens (tertiary/aromatic N) is 2. The molecule has 3 rings (SSSR count). The molecule has 0 aliphatic rings. The van der Waals surface area contributed by atoms with Crippen LogP contribution >= 0.6 is 0 Å². The fraction of sp³-hybridized carbons (Fsp3) is 0.375. The van der Waals surface area contributed by atoms with Crippen molar-refractivity contribution in [3.05, 3.63) is 70.9 Å². The smallest absolute Gasteiger partial charge is 0.191 e. The van der Waals surface area contributed by atoms with Gasteiger partial charge in [-0.3, -0.25) is 0 Å². The second-order valence-electron chi connectivity index (χ2n) is 7.79. The van der Waals surface area contributed by atoms with Crippen LogP contribution in [0.25, 0.3) is 10.9 Å². The van der Waals surface area contributed by atoms with E-state index in [1.54, 1.807) is 0 Å². The normalized spacial score (nSPS) is 12.0. The molecule has 2 aromatic carbocycles. The minimum atomic E-state index is 0.671. The van der Waals surface area contributed by atoms with Gasteiger partial charge in [0.15, 0.2) is 5.96 Å². The molecule has 5 heteroatoms. The van der Waals surface area contributed by atoms with E-state index in [1.807, 2.05) is 0 Å². The largest absolute Gasteiger partial charge is 0.361 e. The minimum Gasteiger partial charge on any atom is -0.361 e. The van der Waals surface area contributed by atoms with Crippen molar-refractivity contribution in [2.24, 2.45) is 4.99 Å². The molecule has 5 nitrogen and oxygen atoms in total. The zero-order valence-electron chi connectivity index (χ0n) is 18.0. The van der Waals surface area contributed by atoms with Crippen LogP contribution in [0.4, 0.5) is 0 Å². The van der Waals surface area contributed by atoms with E-state index in [1.165, 1.54) is 33.2 Å². The van der Waals surface area contributed by atoms with Crippen LogP contribution in [0.2, 0.25) is 0 Å². The number of rotatable bonds is 8. The van der Waals surface area contributed by atoms with Crippen LogP contribution < -0.4 is 10.6 Å². The highest BCUT2D eigenvalue weighted by atomic mass is 15.2. The Balaban J connectivity index is 1.56. The van der Waals surface area contributed by atoms with Crippen LogP contribution in [-0.4, -0.2) is 43.0 Å². The van der Waals surface area contributed by atoms with Crippen LogP contribution in [-0.2, 0) is 19.5 Å². The first-order valence-corrected chi connectivity index (χ1v) is 10.4. The highest BCUT2D eigenvalue weighted by molar-refractivity contribution is 5.84. The van der Waals surface area contributed by atoms with Crippen molar-refractivity contribution in [2.75, 3.05) is 27.2 Å². The van der Waals surface area contributed by atoms with E-state index in [4.69, 9.17) is 4.99 Å². The summed E-state index contributed by atoms with van der Waals surface area (Å²) in [7, 11) is 4.17. The summed E-state index contributed by atoms with van der Waals surface area (Å²) >= 11 is 0. The number of nitrogens with one attached hydrogen (secondary N) is 3. The Morgan fingerprint density at radius 3 is 2.52 bits per heavy atom. The molecule has 29 heavy (non-hydrogen) atoms. The predicted octanol–water partition coefficient (Wildman–Crippen LogP) is 3.84. The summed E-state index contributed by atoms with van der Waals surface area (Å²) in [6.07, 6.45) is 3.07. The summed E-state index contributed by atoms with van der Waals surface area (Å²) in [6, 6.07) is 15.3. The van der Waals surface area contributed by atoms with Gasteiger partial charge in [0.2, 0.25) is 0 Å². The highest BCUT2D eigenvalue weighted by Gasteiger charge is 2.05. The van der Waals surface area contributed by atoms with E-state index >= 15 is 0 Å². The number of aromatic nitrogens is 1. The molecule has 3 N–H and O–H groups in total. The zero-order chi connectivity index (χ0) is 20.6. The number of hydrogen-bond donors (Lipinski definition) is 3. The number of H-pyrrole nitrogens is 1. The Kier molecular flexibility index (Phi) is 7.30. The van der Waals surface area contributed by atoms with Crippen molar-refractivity contribution in [2.45, 2.75) is 33.4 Å². The van der Waals surface area contributed by atoms with E-state index < -0.39 is 0 Å². The molecule has 154 valence electrons. The quantitative estimate of drug-likeness (QED) is 0.404. The van der Waals surface area contributed by atoms with Crippen molar-refractivity contribution in [3.8, 4) is 0 Å². The molecule has 1 heterocycles. The summed E-state index contributed by atoms with van der Waals surface area (Å²) < 4.78 is 0. The number of aliphatic imine (C=N–C) groups is 1. The number of hydrogen-bond acceptors (Lipinski definition) is 2. The van der Waals surface area contributed by atoms with Crippen molar-refractivity contribution >= 4 is 16.9 Å². The number of guanidine groups is 1. The summed E-state index contributed by atoms with van der Waals surface area (Å²) in [5, 5.41) is 8.10. The molecule has 0 radical (unpaired) electrons. The Morgan fingerprint density at radius 1 is 1.03 bits per heavy atom.